The monoisotopic (exact) mass is 317 g/mol. The number of carbonyl (C=O) groups is 1. The number of hydrogen-bond acceptors (Lipinski definition) is 3. The van der Waals surface area contributed by atoms with Crippen LogP contribution >= 0.6 is 11.6 Å². The highest BCUT2D eigenvalue weighted by Gasteiger charge is 2.36. The van der Waals surface area contributed by atoms with Crippen molar-refractivity contribution in [2.75, 3.05) is 11.9 Å². The van der Waals surface area contributed by atoms with Gasteiger partial charge in [-0.3, -0.25) is 5.32 Å². The summed E-state index contributed by atoms with van der Waals surface area (Å²) in [5.41, 5.74) is 1.01. The van der Waals surface area contributed by atoms with E-state index in [1.807, 2.05) is 24.3 Å². The molecule has 3 N–H and O–H groups in total. The molecule has 0 saturated carbocycles. The summed E-state index contributed by atoms with van der Waals surface area (Å²) in [6.45, 7) is 0.156. The fraction of sp³-hybridized carbons (Fsp3) is 0.250. The van der Waals surface area contributed by atoms with Crippen molar-refractivity contribution in [3.8, 4) is 0 Å². The van der Waals surface area contributed by atoms with Crippen LogP contribution in [0.1, 0.15) is 17.5 Å². The molecule has 3 rings (SSSR count). The number of aliphatic hydroxyl groups is 1. The van der Waals surface area contributed by atoms with E-state index < -0.39 is 11.6 Å². The van der Waals surface area contributed by atoms with E-state index in [-0.39, 0.29) is 6.54 Å². The minimum absolute atomic E-state index is 0.156. The normalized spacial score (nSPS) is 19.5. The fourth-order valence-electron chi connectivity index (χ4n) is 2.69. The smallest absolute Gasteiger partial charge is 0.320 e. The van der Waals surface area contributed by atoms with Gasteiger partial charge >= 0.3 is 6.03 Å². The SMILES string of the molecule is O=C(NCC1(O)CCc2ccccc21)Nc1ccc(Cl)cn1. The Kier molecular flexibility index (Phi) is 4.00. The molecule has 1 aromatic carbocycles. The van der Waals surface area contributed by atoms with E-state index in [9.17, 15) is 9.90 Å². The number of benzene rings is 1. The van der Waals surface area contributed by atoms with Crippen molar-refractivity contribution in [3.05, 3.63) is 58.7 Å². The van der Waals surface area contributed by atoms with Crippen LogP contribution in [0.3, 0.4) is 0 Å². The third kappa shape index (κ3) is 3.05. The largest absolute Gasteiger partial charge is 0.383 e. The number of nitrogens with one attached hydrogen (secondary N) is 2. The Hall–Kier alpha value is -2.11. The lowest BCUT2D eigenvalue weighted by Gasteiger charge is -2.24. The number of aromatic nitrogens is 1. The Morgan fingerprint density at radius 2 is 2.14 bits per heavy atom. The fourth-order valence-corrected chi connectivity index (χ4v) is 2.80. The van der Waals surface area contributed by atoms with Crippen molar-refractivity contribution in [1.29, 1.82) is 0 Å². The summed E-state index contributed by atoms with van der Waals surface area (Å²) in [7, 11) is 0. The molecule has 0 spiro atoms. The standard InChI is InChI=1S/C16H16ClN3O2/c17-12-5-6-14(18-9-12)20-15(21)19-10-16(22)8-7-11-3-1-2-4-13(11)16/h1-6,9,22H,7-8,10H2,(H2,18,19,20,21). The van der Waals surface area contributed by atoms with Crippen LogP contribution in [0, 0.1) is 0 Å². The van der Waals surface area contributed by atoms with Crippen LogP contribution in [-0.2, 0) is 12.0 Å². The van der Waals surface area contributed by atoms with E-state index in [4.69, 9.17) is 11.6 Å². The number of anilines is 1. The highest BCUT2D eigenvalue weighted by Crippen LogP contribution is 2.36. The third-order valence-corrected chi connectivity index (χ3v) is 4.06. The van der Waals surface area contributed by atoms with E-state index in [2.05, 4.69) is 15.6 Å². The molecule has 1 unspecified atom stereocenters. The number of aryl methyl sites for hydroxylation is 1. The van der Waals surface area contributed by atoms with Crippen LogP contribution in [-0.4, -0.2) is 22.7 Å². The number of carbonyl (C=O) groups excluding carboxylic acids is 1. The zero-order valence-corrected chi connectivity index (χ0v) is 12.6. The third-order valence-electron chi connectivity index (χ3n) is 3.84. The molecule has 0 fully saturated rings. The average molecular weight is 318 g/mol. The highest BCUT2D eigenvalue weighted by molar-refractivity contribution is 6.30. The van der Waals surface area contributed by atoms with Crippen LogP contribution in [0.5, 0.6) is 0 Å². The molecule has 1 aromatic heterocycles. The molecule has 0 saturated heterocycles. The van der Waals surface area contributed by atoms with E-state index in [1.165, 1.54) is 6.20 Å². The van der Waals surface area contributed by atoms with Gasteiger partial charge in [-0.15, -0.1) is 0 Å². The molecule has 22 heavy (non-hydrogen) atoms. The Morgan fingerprint density at radius 1 is 1.32 bits per heavy atom. The van der Waals surface area contributed by atoms with Crippen molar-refractivity contribution < 1.29 is 9.90 Å². The summed E-state index contributed by atoms with van der Waals surface area (Å²) in [6.07, 6.45) is 2.87. The Morgan fingerprint density at radius 3 is 2.91 bits per heavy atom. The molecule has 0 radical (unpaired) electrons. The second kappa shape index (κ2) is 5.94. The lowest BCUT2D eigenvalue weighted by atomic mass is 9.96. The Balaban J connectivity index is 1.61. The Labute approximate surface area is 133 Å². The first-order valence-electron chi connectivity index (χ1n) is 7.04. The lowest BCUT2D eigenvalue weighted by molar-refractivity contribution is 0.0417. The van der Waals surface area contributed by atoms with Gasteiger partial charge in [-0.2, -0.15) is 0 Å². The zero-order chi connectivity index (χ0) is 15.6. The number of nitrogens with zero attached hydrogens (tertiary/aromatic N) is 1. The van der Waals surface area contributed by atoms with Crippen molar-refractivity contribution in [3.63, 3.8) is 0 Å². The first-order chi connectivity index (χ1) is 10.6. The van der Waals surface area contributed by atoms with Gasteiger partial charge in [0.25, 0.3) is 0 Å². The maximum atomic E-state index is 11.9. The van der Waals surface area contributed by atoms with Crippen molar-refractivity contribution in [2.45, 2.75) is 18.4 Å². The minimum Gasteiger partial charge on any atom is -0.383 e. The highest BCUT2D eigenvalue weighted by atomic mass is 35.5. The predicted octanol–water partition coefficient (Wildman–Crippen LogP) is 2.69. The lowest BCUT2D eigenvalue weighted by Crippen LogP contribution is -2.41. The van der Waals surface area contributed by atoms with Gasteiger partial charge in [-0.25, -0.2) is 9.78 Å². The molecule has 1 aliphatic carbocycles. The number of pyridine rings is 1. The van der Waals surface area contributed by atoms with Gasteiger partial charge in [0.05, 0.1) is 11.6 Å². The molecule has 1 heterocycles. The summed E-state index contributed by atoms with van der Waals surface area (Å²) in [6, 6.07) is 10.6. The number of rotatable bonds is 3. The molecule has 5 nitrogen and oxygen atoms in total. The summed E-state index contributed by atoms with van der Waals surface area (Å²) < 4.78 is 0. The molecule has 0 aliphatic heterocycles. The quantitative estimate of drug-likeness (QED) is 0.815. The Bertz CT molecular complexity index is 690. The van der Waals surface area contributed by atoms with Crippen molar-refractivity contribution >= 4 is 23.4 Å². The number of amides is 2. The van der Waals surface area contributed by atoms with Gasteiger partial charge in [-0.1, -0.05) is 35.9 Å². The molecule has 114 valence electrons. The number of hydrogen-bond donors (Lipinski definition) is 3. The van der Waals surface area contributed by atoms with Gasteiger partial charge in [-0.05, 0) is 36.1 Å². The first kappa shape index (κ1) is 14.8. The van der Waals surface area contributed by atoms with E-state index in [1.54, 1.807) is 12.1 Å². The average Bonchev–Trinajstić information content (AvgIpc) is 2.86. The molecule has 2 amide bonds. The van der Waals surface area contributed by atoms with Crippen LogP contribution in [0.2, 0.25) is 5.02 Å². The van der Waals surface area contributed by atoms with Gasteiger partial charge in [0.1, 0.15) is 11.4 Å². The summed E-state index contributed by atoms with van der Waals surface area (Å²) in [5, 5.41) is 16.5. The first-order valence-corrected chi connectivity index (χ1v) is 7.42. The maximum Gasteiger partial charge on any atom is 0.320 e. The summed E-state index contributed by atoms with van der Waals surface area (Å²) >= 11 is 5.74. The maximum absolute atomic E-state index is 11.9. The molecular weight excluding hydrogens is 302 g/mol. The molecule has 1 atom stereocenters. The number of urea groups is 1. The van der Waals surface area contributed by atoms with Crippen LogP contribution < -0.4 is 10.6 Å². The number of halogens is 1. The zero-order valence-electron chi connectivity index (χ0n) is 11.8. The topological polar surface area (TPSA) is 74.2 Å². The second-order valence-electron chi connectivity index (χ2n) is 5.36. The van der Waals surface area contributed by atoms with Gasteiger partial charge in [0, 0.05) is 6.20 Å². The summed E-state index contributed by atoms with van der Waals surface area (Å²) in [4.78, 5) is 15.9. The molecular formula is C16H16ClN3O2. The van der Waals surface area contributed by atoms with Gasteiger partial charge < -0.3 is 10.4 Å². The van der Waals surface area contributed by atoms with E-state index in [0.717, 1.165) is 17.5 Å². The van der Waals surface area contributed by atoms with Crippen molar-refractivity contribution in [2.24, 2.45) is 0 Å². The van der Waals surface area contributed by atoms with Gasteiger partial charge in [0.2, 0.25) is 0 Å². The van der Waals surface area contributed by atoms with Crippen LogP contribution in [0.15, 0.2) is 42.6 Å². The van der Waals surface area contributed by atoms with Crippen LogP contribution in [0.4, 0.5) is 10.6 Å². The number of fused-ring (bicyclic) bond motifs is 1. The van der Waals surface area contributed by atoms with Gasteiger partial charge in [0.15, 0.2) is 0 Å². The molecule has 0 bridgehead atoms. The predicted molar refractivity (Wildman–Crippen MR) is 84.9 cm³/mol. The molecule has 6 heteroatoms. The van der Waals surface area contributed by atoms with E-state index >= 15 is 0 Å². The molecule has 1 aliphatic rings. The minimum atomic E-state index is -1.01. The van der Waals surface area contributed by atoms with E-state index in [0.29, 0.717) is 17.3 Å². The second-order valence-corrected chi connectivity index (χ2v) is 5.79. The van der Waals surface area contributed by atoms with Crippen LogP contribution in [0.25, 0.3) is 0 Å². The summed E-state index contributed by atoms with van der Waals surface area (Å²) in [5.74, 6) is 0.403. The molecule has 2 aromatic rings. The van der Waals surface area contributed by atoms with Crippen molar-refractivity contribution in [1.82, 2.24) is 10.3 Å².